The zero-order valence-corrected chi connectivity index (χ0v) is 7.80. The van der Waals surface area contributed by atoms with Gasteiger partial charge in [-0.3, -0.25) is 0 Å². The summed E-state index contributed by atoms with van der Waals surface area (Å²) in [6.45, 7) is 0. The molecule has 3 N–H and O–H groups in total. The fourth-order valence-electron chi connectivity index (χ4n) is 1.42. The van der Waals surface area contributed by atoms with Crippen molar-refractivity contribution in [3.63, 3.8) is 0 Å². The largest absolute Gasteiger partial charge is 0.478 e. The van der Waals surface area contributed by atoms with Gasteiger partial charge in [-0.1, -0.05) is 0 Å². The highest BCUT2D eigenvalue weighted by Gasteiger charge is 2.25. The van der Waals surface area contributed by atoms with Crippen molar-refractivity contribution >= 4 is 16.0 Å². The van der Waals surface area contributed by atoms with E-state index in [2.05, 4.69) is 0 Å². The number of hydrogen-bond donors (Lipinski definition) is 2. The van der Waals surface area contributed by atoms with Crippen LogP contribution in [0.4, 0.5) is 0 Å². The minimum absolute atomic E-state index is 0.0475. The summed E-state index contributed by atoms with van der Waals surface area (Å²) in [5, 5.41) is 13.6. The van der Waals surface area contributed by atoms with Gasteiger partial charge in [0.15, 0.2) is 0 Å². The van der Waals surface area contributed by atoms with Crippen molar-refractivity contribution in [3.05, 3.63) is 10.5 Å². The van der Waals surface area contributed by atoms with E-state index in [4.69, 9.17) is 10.2 Å². The first-order chi connectivity index (χ1) is 5.93. The molecule has 6 heteroatoms. The van der Waals surface area contributed by atoms with Crippen LogP contribution in [0.25, 0.3) is 0 Å². The lowest BCUT2D eigenvalue weighted by molar-refractivity contribution is -0.132. The Balaban J connectivity index is 3.20. The highest BCUT2D eigenvalue weighted by Crippen LogP contribution is 2.27. The third-order valence-corrected chi connectivity index (χ3v) is 3.16. The predicted molar refractivity (Wildman–Crippen MR) is 46.2 cm³/mol. The molecule has 0 bridgehead atoms. The van der Waals surface area contributed by atoms with Crippen molar-refractivity contribution in [2.24, 2.45) is 5.14 Å². The summed E-state index contributed by atoms with van der Waals surface area (Å²) in [5.41, 5.74) is -0.0475. The SMILES string of the molecule is NS(=O)(=O)C1=C(C(=O)O)CCCC1. The molecule has 0 heterocycles. The van der Waals surface area contributed by atoms with E-state index in [0.29, 0.717) is 19.3 Å². The maximum absolute atomic E-state index is 11.0. The van der Waals surface area contributed by atoms with Crippen LogP contribution in [0.2, 0.25) is 0 Å². The van der Waals surface area contributed by atoms with Gasteiger partial charge < -0.3 is 5.11 Å². The van der Waals surface area contributed by atoms with E-state index in [1.807, 2.05) is 0 Å². The third-order valence-electron chi connectivity index (χ3n) is 2.02. The molecule has 5 nitrogen and oxygen atoms in total. The van der Waals surface area contributed by atoms with Crippen LogP contribution >= 0.6 is 0 Å². The van der Waals surface area contributed by atoms with Crippen LogP contribution in [-0.2, 0) is 14.8 Å². The molecule has 0 spiro atoms. The molecule has 0 aromatic carbocycles. The molecule has 74 valence electrons. The molecule has 0 aromatic rings. The van der Waals surface area contributed by atoms with Gasteiger partial charge in [0.1, 0.15) is 0 Å². The zero-order valence-electron chi connectivity index (χ0n) is 6.99. The Morgan fingerprint density at radius 1 is 1.31 bits per heavy atom. The molecule has 0 atom stereocenters. The van der Waals surface area contributed by atoms with Gasteiger partial charge in [0.25, 0.3) is 0 Å². The van der Waals surface area contributed by atoms with Gasteiger partial charge in [-0.15, -0.1) is 0 Å². The average molecular weight is 205 g/mol. The van der Waals surface area contributed by atoms with Crippen molar-refractivity contribution < 1.29 is 18.3 Å². The Morgan fingerprint density at radius 2 is 1.85 bits per heavy atom. The minimum atomic E-state index is -3.82. The highest BCUT2D eigenvalue weighted by atomic mass is 32.2. The van der Waals surface area contributed by atoms with E-state index < -0.39 is 16.0 Å². The number of carboxylic acids is 1. The Labute approximate surface area is 76.3 Å². The van der Waals surface area contributed by atoms with E-state index in [1.165, 1.54) is 0 Å². The average Bonchev–Trinajstić information content (AvgIpc) is 2.03. The summed E-state index contributed by atoms with van der Waals surface area (Å²) in [6.07, 6.45) is 1.94. The van der Waals surface area contributed by atoms with E-state index >= 15 is 0 Å². The molecule has 0 unspecified atom stereocenters. The summed E-state index contributed by atoms with van der Waals surface area (Å²) in [6, 6.07) is 0. The number of primary sulfonamides is 1. The van der Waals surface area contributed by atoms with Gasteiger partial charge in [-0.2, -0.15) is 0 Å². The molecule has 0 aromatic heterocycles. The standard InChI is InChI=1S/C7H11NO4S/c8-13(11,12)6-4-2-1-3-5(6)7(9)10/h1-4H2,(H,9,10)(H2,8,11,12). The maximum atomic E-state index is 11.0. The highest BCUT2D eigenvalue weighted by molar-refractivity contribution is 7.93. The lowest BCUT2D eigenvalue weighted by atomic mass is 9.99. The van der Waals surface area contributed by atoms with Crippen LogP contribution in [0.1, 0.15) is 25.7 Å². The monoisotopic (exact) mass is 205 g/mol. The second-order valence-electron chi connectivity index (χ2n) is 2.96. The smallest absolute Gasteiger partial charge is 0.332 e. The first kappa shape index (κ1) is 10.2. The van der Waals surface area contributed by atoms with Crippen molar-refractivity contribution in [2.45, 2.75) is 25.7 Å². The van der Waals surface area contributed by atoms with Gasteiger partial charge in [0, 0.05) is 0 Å². The summed E-state index contributed by atoms with van der Waals surface area (Å²) >= 11 is 0. The lowest BCUT2D eigenvalue weighted by Crippen LogP contribution is -2.21. The van der Waals surface area contributed by atoms with Crippen molar-refractivity contribution in [1.82, 2.24) is 0 Å². The van der Waals surface area contributed by atoms with Crippen molar-refractivity contribution in [3.8, 4) is 0 Å². The summed E-state index contributed by atoms with van der Waals surface area (Å²) in [4.78, 5) is 10.5. The van der Waals surface area contributed by atoms with E-state index in [0.717, 1.165) is 0 Å². The molecule has 0 fully saturated rings. The molecule has 13 heavy (non-hydrogen) atoms. The molecule has 0 radical (unpaired) electrons. The maximum Gasteiger partial charge on any atom is 0.332 e. The third kappa shape index (κ3) is 2.28. The number of rotatable bonds is 2. The van der Waals surface area contributed by atoms with Crippen LogP contribution in [0.5, 0.6) is 0 Å². The van der Waals surface area contributed by atoms with Crippen LogP contribution in [0, 0.1) is 0 Å². The molecule has 1 aliphatic carbocycles. The van der Waals surface area contributed by atoms with Crippen LogP contribution in [0.15, 0.2) is 10.5 Å². The molecule has 0 saturated carbocycles. The van der Waals surface area contributed by atoms with Gasteiger partial charge in [0.2, 0.25) is 10.0 Å². The zero-order chi connectivity index (χ0) is 10.1. The number of carbonyl (C=O) groups is 1. The van der Waals surface area contributed by atoms with Gasteiger partial charge in [0.05, 0.1) is 10.5 Å². The summed E-state index contributed by atoms with van der Waals surface area (Å²) in [7, 11) is -3.82. The number of nitrogens with two attached hydrogens (primary N) is 1. The molecule has 1 aliphatic rings. The van der Waals surface area contributed by atoms with E-state index in [9.17, 15) is 13.2 Å². The topological polar surface area (TPSA) is 97.5 Å². The summed E-state index contributed by atoms with van der Waals surface area (Å²) < 4.78 is 21.9. The molecule has 0 aliphatic heterocycles. The minimum Gasteiger partial charge on any atom is -0.478 e. The number of carboxylic acid groups (broad SMARTS) is 1. The fourth-order valence-corrected chi connectivity index (χ4v) is 2.38. The Hall–Kier alpha value is -0.880. The second-order valence-corrected chi connectivity index (χ2v) is 4.54. The summed E-state index contributed by atoms with van der Waals surface area (Å²) in [5.74, 6) is -1.18. The molecule has 0 amide bonds. The van der Waals surface area contributed by atoms with E-state index in [-0.39, 0.29) is 16.9 Å². The van der Waals surface area contributed by atoms with Crippen LogP contribution in [-0.4, -0.2) is 19.5 Å². The predicted octanol–water partition coefficient (Wildman–Crippen LogP) is 0.188. The first-order valence-electron chi connectivity index (χ1n) is 3.91. The number of allylic oxidation sites excluding steroid dienone is 1. The number of sulfonamides is 1. The Morgan fingerprint density at radius 3 is 2.23 bits per heavy atom. The van der Waals surface area contributed by atoms with Gasteiger partial charge in [-0.25, -0.2) is 18.4 Å². The van der Waals surface area contributed by atoms with Crippen molar-refractivity contribution in [1.29, 1.82) is 0 Å². The first-order valence-corrected chi connectivity index (χ1v) is 5.45. The quantitative estimate of drug-likeness (QED) is 0.672. The van der Waals surface area contributed by atoms with Crippen LogP contribution < -0.4 is 5.14 Å². The van der Waals surface area contributed by atoms with Crippen molar-refractivity contribution in [2.75, 3.05) is 0 Å². The normalized spacial score (nSPS) is 18.8. The number of hydrogen-bond acceptors (Lipinski definition) is 3. The van der Waals surface area contributed by atoms with Crippen LogP contribution in [0.3, 0.4) is 0 Å². The Kier molecular flexibility index (Phi) is 2.72. The lowest BCUT2D eigenvalue weighted by Gasteiger charge is -2.15. The molecule has 1 rings (SSSR count). The van der Waals surface area contributed by atoms with Gasteiger partial charge in [-0.05, 0) is 25.7 Å². The molecular formula is C7H11NO4S. The fraction of sp³-hybridized carbons (Fsp3) is 0.571. The van der Waals surface area contributed by atoms with Gasteiger partial charge >= 0.3 is 5.97 Å². The second kappa shape index (κ2) is 3.47. The molecule has 0 saturated heterocycles. The number of aliphatic carboxylic acids is 1. The molecular weight excluding hydrogens is 194 g/mol. The Bertz CT molecular complexity index is 355. The van der Waals surface area contributed by atoms with E-state index in [1.54, 1.807) is 0 Å².